The number of rotatable bonds is 3. The minimum Gasteiger partial charge on any atom is -0.394 e. The normalized spacial score (nSPS) is 28.5. The molecule has 4 atom stereocenters. The molecule has 11 heteroatoms. The Morgan fingerprint density at radius 1 is 1.41 bits per heavy atom. The van der Waals surface area contributed by atoms with Crippen LogP contribution in [-0.2, 0) is 4.74 Å². The number of thioether (sulfide) groups is 1. The lowest BCUT2D eigenvalue weighted by Crippen LogP contribution is -2.33. The first-order valence-corrected chi connectivity index (χ1v) is 7.64. The first-order chi connectivity index (χ1) is 10.5. The van der Waals surface area contributed by atoms with Crippen LogP contribution in [0.5, 0.6) is 0 Å². The number of H-pyrrole nitrogens is 1. The fraction of sp³-hybridized carbons (Fsp3) is 0.545. The van der Waals surface area contributed by atoms with Crippen molar-refractivity contribution < 1.29 is 20.1 Å². The summed E-state index contributed by atoms with van der Waals surface area (Å²) < 4.78 is 6.87. The molecular formula is C11H15N5O5S. The molecule has 1 aliphatic heterocycles. The number of hydrogen-bond acceptors (Lipinski definition) is 9. The van der Waals surface area contributed by atoms with Crippen LogP contribution in [0.25, 0.3) is 11.2 Å². The molecule has 1 aliphatic rings. The first kappa shape index (κ1) is 15.2. The molecule has 3 heterocycles. The molecular weight excluding hydrogens is 314 g/mol. The predicted molar refractivity (Wildman–Crippen MR) is 77.4 cm³/mol. The molecule has 0 aromatic carbocycles. The summed E-state index contributed by atoms with van der Waals surface area (Å²) in [5.41, 5.74) is 5.23. The summed E-state index contributed by atoms with van der Waals surface area (Å²) in [4.78, 5) is 22.4. The Balaban J connectivity index is 2.20. The molecule has 6 N–H and O–H groups in total. The van der Waals surface area contributed by atoms with Gasteiger partial charge in [-0.05, 0) is 6.26 Å². The monoisotopic (exact) mass is 329 g/mol. The van der Waals surface area contributed by atoms with E-state index in [4.69, 9.17) is 10.5 Å². The molecule has 22 heavy (non-hydrogen) atoms. The van der Waals surface area contributed by atoms with Crippen LogP contribution in [0.3, 0.4) is 0 Å². The van der Waals surface area contributed by atoms with Crippen molar-refractivity contribution in [1.29, 1.82) is 0 Å². The summed E-state index contributed by atoms with van der Waals surface area (Å²) in [7, 11) is 0. The second-order valence-corrected chi connectivity index (χ2v) is 5.59. The summed E-state index contributed by atoms with van der Waals surface area (Å²) in [6.07, 6.45) is -2.81. The van der Waals surface area contributed by atoms with Crippen LogP contribution in [0.1, 0.15) is 6.23 Å². The number of aliphatic hydroxyl groups is 3. The number of hydrogen-bond donors (Lipinski definition) is 5. The summed E-state index contributed by atoms with van der Waals surface area (Å²) in [6.45, 7) is -0.452. The summed E-state index contributed by atoms with van der Waals surface area (Å²) in [5.74, 6) is -0.0990. The van der Waals surface area contributed by atoms with Gasteiger partial charge in [-0.1, -0.05) is 11.8 Å². The van der Waals surface area contributed by atoms with Gasteiger partial charge in [-0.2, -0.15) is 4.98 Å². The lowest BCUT2D eigenvalue weighted by molar-refractivity contribution is -0.0548. The quantitative estimate of drug-likeness (QED) is 0.403. The molecule has 0 bridgehead atoms. The van der Waals surface area contributed by atoms with E-state index >= 15 is 0 Å². The number of nitrogens with one attached hydrogen (secondary N) is 1. The highest BCUT2D eigenvalue weighted by molar-refractivity contribution is 7.98. The Morgan fingerprint density at radius 3 is 2.73 bits per heavy atom. The van der Waals surface area contributed by atoms with E-state index in [2.05, 4.69) is 15.0 Å². The standard InChI is InChI=1S/C11H15N5O5S/c1-22-11-13-4-7(14-10(12)15-8(4)20)16(11)9-6(19)5(18)3(2-17)21-9/h3,5-6,9,17-19H,2H2,1H3,(H3,12,14,15,20)/t3-,5+,6+,9+/m0/s1. The highest BCUT2D eigenvalue weighted by Crippen LogP contribution is 2.34. The number of nitrogens with two attached hydrogens (primary N) is 1. The Bertz CT molecular complexity index is 761. The zero-order chi connectivity index (χ0) is 16.0. The third-order valence-electron chi connectivity index (χ3n) is 3.49. The van der Waals surface area contributed by atoms with Crippen molar-refractivity contribution in [3.05, 3.63) is 10.4 Å². The smallest absolute Gasteiger partial charge is 0.280 e. The Kier molecular flexibility index (Phi) is 3.82. The van der Waals surface area contributed by atoms with Gasteiger partial charge in [0.2, 0.25) is 5.95 Å². The second-order valence-electron chi connectivity index (χ2n) is 4.82. The molecule has 1 saturated heterocycles. The van der Waals surface area contributed by atoms with Crippen molar-refractivity contribution >= 4 is 28.9 Å². The minimum absolute atomic E-state index is 0.0521. The maximum atomic E-state index is 11.9. The van der Waals surface area contributed by atoms with Crippen LogP contribution >= 0.6 is 11.8 Å². The zero-order valence-corrected chi connectivity index (χ0v) is 12.3. The van der Waals surface area contributed by atoms with Gasteiger partial charge in [-0.3, -0.25) is 14.3 Å². The van der Waals surface area contributed by atoms with Gasteiger partial charge in [0.1, 0.15) is 18.3 Å². The fourth-order valence-corrected chi connectivity index (χ4v) is 3.02. The highest BCUT2D eigenvalue weighted by Gasteiger charge is 2.45. The SMILES string of the molecule is CSc1nc2c(=O)[nH]c(N)nc2n1[C@@H]1O[C@@H](CO)[C@@H](O)[C@H]1O. The second kappa shape index (κ2) is 5.52. The molecule has 0 amide bonds. The van der Waals surface area contributed by atoms with E-state index in [1.165, 1.54) is 16.3 Å². The number of nitrogen functional groups attached to an aromatic ring is 1. The Labute approximate surface area is 127 Å². The molecule has 0 saturated carbocycles. The molecule has 2 aromatic rings. The third kappa shape index (κ3) is 2.18. The van der Waals surface area contributed by atoms with Crippen LogP contribution in [0.15, 0.2) is 9.95 Å². The third-order valence-corrected chi connectivity index (χ3v) is 4.14. The minimum atomic E-state index is -1.30. The van der Waals surface area contributed by atoms with E-state index in [0.717, 1.165) is 0 Å². The van der Waals surface area contributed by atoms with Gasteiger partial charge >= 0.3 is 0 Å². The Hall–Kier alpha value is -1.66. The number of nitrogens with zero attached hydrogens (tertiary/aromatic N) is 3. The summed E-state index contributed by atoms with van der Waals surface area (Å²) in [6, 6.07) is 0. The predicted octanol–water partition coefficient (Wildman–Crippen LogP) is -1.96. The van der Waals surface area contributed by atoms with Crippen molar-refractivity contribution in [2.45, 2.75) is 29.7 Å². The van der Waals surface area contributed by atoms with Crippen molar-refractivity contribution in [1.82, 2.24) is 19.5 Å². The van der Waals surface area contributed by atoms with E-state index < -0.39 is 36.7 Å². The van der Waals surface area contributed by atoms with Gasteiger partial charge in [0.15, 0.2) is 22.5 Å². The number of aliphatic hydroxyl groups excluding tert-OH is 3. The molecule has 0 aliphatic carbocycles. The first-order valence-electron chi connectivity index (χ1n) is 6.42. The average molecular weight is 329 g/mol. The number of imidazole rings is 1. The van der Waals surface area contributed by atoms with E-state index in [0.29, 0.717) is 5.16 Å². The maximum Gasteiger partial charge on any atom is 0.280 e. The van der Waals surface area contributed by atoms with Crippen LogP contribution in [0.2, 0.25) is 0 Å². The fourth-order valence-electron chi connectivity index (χ4n) is 2.45. The summed E-state index contributed by atoms with van der Waals surface area (Å²) in [5, 5.41) is 29.6. The highest BCUT2D eigenvalue weighted by atomic mass is 32.2. The Morgan fingerprint density at radius 2 is 2.14 bits per heavy atom. The molecule has 0 spiro atoms. The van der Waals surface area contributed by atoms with E-state index in [9.17, 15) is 20.1 Å². The van der Waals surface area contributed by atoms with Crippen LogP contribution < -0.4 is 11.3 Å². The largest absolute Gasteiger partial charge is 0.394 e. The van der Waals surface area contributed by atoms with Crippen LogP contribution in [-0.4, -0.2) is 66.0 Å². The van der Waals surface area contributed by atoms with Crippen LogP contribution in [0.4, 0.5) is 5.95 Å². The topological polar surface area (TPSA) is 160 Å². The van der Waals surface area contributed by atoms with Gasteiger partial charge < -0.3 is 25.8 Å². The zero-order valence-electron chi connectivity index (χ0n) is 11.5. The molecule has 2 aromatic heterocycles. The van der Waals surface area contributed by atoms with E-state index in [-0.39, 0.29) is 17.1 Å². The van der Waals surface area contributed by atoms with Crippen molar-refractivity contribution in [2.75, 3.05) is 18.6 Å². The number of anilines is 1. The molecule has 120 valence electrons. The van der Waals surface area contributed by atoms with Gasteiger partial charge in [-0.15, -0.1) is 0 Å². The van der Waals surface area contributed by atoms with Gasteiger partial charge in [0.25, 0.3) is 5.56 Å². The van der Waals surface area contributed by atoms with Gasteiger partial charge in [0, 0.05) is 0 Å². The number of aromatic nitrogens is 4. The lowest BCUT2D eigenvalue weighted by atomic mass is 10.1. The number of fused-ring (bicyclic) bond motifs is 1. The molecule has 0 unspecified atom stereocenters. The van der Waals surface area contributed by atoms with Crippen LogP contribution in [0, 0.1) is 0 Å². The molecule has 3 rings (SSSR count). The summed E-state index contributed by atoms with van der Waals surface area (Å²) >= 11 is 1.22. The van der Waals surface area contributed by atoms with Gasteiger partial charge in [-0.25, -0.2) is 4.98 Å². The number of aromatic amines is 1. The average Bonchev–Trinajstić information content (AvgIpc) is 2.98. The maximum absolute atomic E-state index is 11.9. The van der Waals surface area contributed by atoms with Crippen molar-refractivity contribution in [3.8, 4) is 0 Å². The molecule has 0 radical (unpaired) electrons. The molecule has 1 fully saturated rings. The van der Waals surface area contributed by atoms with E-state index in [1.54, 1.807) is 6.26 Å². The lowest BCUT2D eigenvalue weighted by Gasteiger charge is -2.18. The molecule has 10 nitrogen and oxygen atoms in total. The van der Waals surface area contributed by atoms with Crippen molar-refractivity contribution in [3.63, 3.8) is 0 Å². The van der Waals surface area contributed by atoms with E-state index in [1.807, 2.05) is 0 Å². The van der Waals surface area contributed by atoms with Gasteiger partial charge in [0.05, 0.1) is 6.61 Å². The number of ether oxygens (including phenoxy) is 1. The van der Waals surface area contributed by atoms with Crippen molar-refractivity contribution in [2.24, 2.45) is 0 Å².